The van der Waals surface area contributed by atoms with Gasteiger partial charge in [-0.05, 0) is 43.3 Å². The van der Waals surface area contributed by atoms with Crippen molar-refractivity contribution in [2.75, 3.05) is 12.4 Å². The Kier molecular flexibility index (Phi) is 8.59. The fourth-order valence-electron chi connectivity index (χ4n) is 4.25. The van der Waals surface area contributed by atoms with Crippen LogP contribution in [0.4, 0.5) is 40.8 Å². The molecule has 43 heavy (non-hydrogen) atoms. The molecule has 3 heterocycles. The van der Waals surface area contributed by atoms with E-state index in [0.717, 1.165) is 26.2 Å². The minimum atomic E-state index is -4.72. The number of alkyl halides is 6. The van der Waals surface area contributed by atoms with Crippen LogP contribution in [-0.4, -0.2) is 51.6 Å². The van der Waals surface area contributed by atoms with Crippen LogP contribution in [0.25, 0.3) is 16.9 Å². The molecule has 0 radical (unpaired) electrons. The maximum atomic E-state index is 14.7. The van der Waals surface area contributed by atoms with Gasteiger partial charge in [0.2, 0.25) is 0 Å². The van der Waals surface area contributed by atoms with E-state index in [1.165, 1.54) is 35.1 Å². The van der Waals surface area contributed by atoms with E-state index in [1.807, 2.05) is 5.32 Å². The van der Waals surface area contributed by atoms with Crippen LogP contribution >= 0.6 is 0 Å². The fraction of sp³-hybridized carbons (Fsp3) is 0.259. The van der Waals surface area contributed by atoms with Crippen molar-refractivity contribution < 1.29 is 49.4 Å². The molecular weight excluding hydrogens is 594 g/mol. The normalized spacial score (nSPS) is 13.4. The zero-order chi connectivity index (χ0) is 31.7. The standard InChI is InChI=1S/C27H21F8N5O3/c1-13(26(30,31)32)38-14-10-18(28)21(19(29)11-14)24(41)39-20(25(42)43-2)12-15-5-6-16(23-37-8-9-40(15)23)22-17(27(33,34)35)4-3-7-36-22/h3-11,13,20,38H,12H2,1-2H3,(H,39,41)/t13-,20+/m1/s1. The van der Waals surface area contributed by atoms with Crippen molar-refractivity contribution in [3.05, 3.63) is 83.4 Å². The minimum Gasteiger partial charge on any atom is -0.467 e. The molecule has 3 aromatic heterocycles. The molecule has 1 amide bonds. The number of nitrogens with zero attached hydrogens (tertiary/aromatic N) is 3. The number of ether oxygens (including phenoxy) is 1. The number of benzene rings is 1. The molecule has 0 saturated carbocycles. The van der Waals surface area contributed by atoms with Gasteiger partial charge < -0.3 is 19.8 Å². The lowest BCUT2D eigenvalue weighted by Gasteiger charge is -2.20. The first-order valence-electron chi connectivity index (χ1n) is 12.3. The minimum absolute atomic E-state index is 0.0120. The Balaban J connectivity index is 1.64. The molecule has 0 bridgehead atoms. The predicted molar refractivity (Wildman–Crippen MR) is 136 cm³/mol. The molecular formula is C27H21F8N5O3. The SMILES string of the molecule is COC(=O)[C@H](Cc1ccc(-c2ncccc2C(F)(F)F)c2nccn12)NC(=O)c1c(F)cc(N[C@H](C)C(F)(F)F)cc1F. The summed E-state index contributed by atoms with van der Waals surface area (Å²) in [6.07, 6.45) is -5.96. The number of imidazole rings is 1. The van der Waals surface area contributed by atoms with E-state index in [-0.39, 0.29) is 23.3 Å². The van der Waals surface area contributed by atoms with Crippen molar-refractivity contribution in [1.82, 2.24) is 19.7 Å². The topological polar surface area (TPSA) is 97.6 Å². The summed E-state index contributed by atoms with van der Waals surface area (Å²) in [4.78, 5) is 33.4. The number of carbonyl (C=O) groups excluding carboxylic acids is 2. The Morgan fingerprint density at radius 1 is 1.00 bits per heavy atom. The second-order valence-electron chi connectivity index (χ2n) is 9.23. The number of halogens is 8. The van der Waals surface area contributed by atoms with Gasteiger partial charge >= 0.3 is 18.3 Å². The van der Waals surface area contributed by atoms with Crippen LogP contribution in [0, 0.1) is 11.6 Å². The van der Waals surface area contributed by atoms with E-state index in [2.05, 4.69) is 15.3 Å². The molecule has 1 aromatic carbocycles. The lowest BCUT2D eigenvalue weighted by Crippen LogP contribution is -2.44. The van der Waals surface area contributed by atoms with Crippen molar-refractivity contribution in [2.24, 2.45) is 0 Å². The zero-order valence-corrected chi connectivity index (χ0v) is 22.1. The van der Waals surface area contributed by atoms with Gasteiger partial charge in [0.25, 0.3) is 5.91 Å². The summed E-state index contributed by atoms with van der Waals surface area (Å²) in [5.41, 5.74) is -2.88. The number of carbonyl (C=O) groups is 2. The molecule has 0 spiro atoms. The first kappa shape index (κ1) is 31.2. The molecule has 8 nitrogen and oxygen atoms in total. The average Bonchev–Trinajstić information content (AvgIpc) is 3.41. The van der Waals surface area contributed by atoms with Gasteiger partial charge in [0.1, 0.15) is 34.9 Å². The van der Waals surface area contributed by atoms with Crippen LogP contribution in [0.3, 0.4) is 0 Å². The molecule has 2 atom stereocenters. The second-order valence-corrected chi connectivity index (χ2v) is 9.23. The Morgan fingerprint density at radius 2 is 1.67 bits per heavy atom. The number of methoxy groups -OCH3 is 1. The van der Waals surface area contributed by atoms with Crippen molar-refractivity contribution in [2.45, 2.75) is 37.8 Å². The quantitative estimate of drug-likeness (QED) is 0.199. The highest BCUT2D eigenvalue weighted by atomic mass is 19.4. The van der Waals surface area contributed by atoms with E-state index in [4.69, 9.17) is 4.74 Å². The maximum Gasteiger partial charge on any atom is 0.418 e. The van der Waals surface area contributed by atoms with Gasteiger partial charge in [0, 0.05) is 42.0 Å². The third kappa shape index (κ3) is 6.67. The van der Waals surface area contributed by atoms with Crippen molar-refractivity contribution in [3.8, 4) is 11.3 Å². The molecule has 0 unspecified atom stereocenters. The van der Waals surface area contributed by atoms with E-state index in [9.17, 15) is 44.7 Å². The van der Waals surface area contributed by atoms with Gasteiger partial charge in [-0.15, -0.1) is 0 Å². The summed E-state index contributed by atoms with van der Waals surface area (Å²) in [6, 6.07) is 1.91. The monoisotopic (exact) mass is 615 g/mol. The maximum absolute atomic E-state index is 14.7. The Hall–Kier alpha value is -4.76. The summed E-state index contributed by atoms with van der Waals surface area (Å²) in [7, 11) is 0.987. The zero-order valence-electron chi connectivity index (χ0n) is 22.1. The first-order valence-corrected chi connectivity index (χ1v) is 12.3. The van der Waals surface area contributed by atoms with Gasteiger partial charge in [0.05, 0.1) is 18.4 Å². The number of fused-ring (bicyclic) bond motifs is 1. The Morgan fingerprint density at radius 3 is 2.28 bits per heavy atom. The summed E-state index contributed by atoms with van der Waals surface area (Å²) in [5, 5.41) is 4.03. The third-order valence-electron chi connectivity index (χ3n) is 6.35. The molecule has 0 aliphatic heterocycles. The number of esters is 1. The van der Waals surface area contributed by atoms with Crippen LogP contribution < -0.4 is 10.6 Å². The summed E-state index contributed by atoms with van der Waals surface area (Å²) in [5.74, 6) is -5.46. The molecule has 2 N–H and O–H groups in total. The highest BCUT2D eigenvalue weighted by Crippen LogP contribution is 2.37. The predicted octanol–water partition coefficient (Wildman–Crippen LogP) is 5.57. The van der Waals surface area contributed by atoms with Crippen molar-refractivity contribution in [1.29, 1.82) is 0 Å². The van der Waals surface area contributed by atoms with Crippen LogP contribution in [0.1, 0.15) is 28.5 Å². The highest BCUT2D eigenvalue weighted by Gasteiger charge is 2.37. The van der Waals surface area contributed by atoms with E-state index in [0.29, 0.717) is 12.1 Å². The second kappa shape index (κ2) is 11.9. The molecule has 0 aliphatic rings. The van der Waals surface area contributed by atoms with Gasteiger partial charge in [-0.3, -0.25) is 9.78 Å². The number of anilines is 1. The number of hydrogen-bond acceptors (Lipinski definition) is 6. The number of aromatic nitrogens is 3. The van der Waals surface area contributed by atoms with Crippen LogP contribution in [0.2, 0.25) is 0 Å². The molecule has 0 aliphatic carbocycles. The van der Waals surface area contributed by atoms with Crippen molar-refractivity contribution in [3.63, 3.8) is 0 Å². The van der Waals surface area contributed by atoms with E-state index >= 15 is 0 Å². The lowest BCUT2D eigenvalue weighted by molar-refractivity contribution is -0.143. The Bertz CT molecular complexity index is 1650. The molecule has 228 valence electrons. The fourth-order valence-corrected chi connectivity index (χ4v) is 4.25. The lowest BCUT2D eigenvalue weighted by atomic mass is 10.0. The van der Waals surface area contributed by atoms with Crippen molar-refractivity contribution >= 4 is 23.2 Å². The molecule has 4 aromatic rings. The van der Waals surface area contributed by atoms with Crippen LogP contribution in [-0.2, 0) is 22.1 Å². The average molecular weight is 615 g/mol. The third-order valence-corrected chi connectivity index (χ3v) is 6.35. The van der Waals surface area contributed by atoms with Gasteiger partial charge in [-0.1, -0.05) is 0 Å². The number of hydrogen-bond donors (Lipinski definition) is 2. The van der Waals surface area contributed by atoms with Gasteiger partial charge in [0.15, 0.2) is 0 Å². The van der Waals surface area contributed by atoms with Crippen LogP contribution in [0.15, 0.2) is 55.0 Å². The van der Waals surface area contributed by atoms with E-state index < -0.39 is 70.5 Å². The number of nitrogens with one attached hydrogen (secondary N) is 2. The van der Waals surface area contributed by atoms with E-state index in [1.54, 1.807) is 0 Å². The van der Waals surface area contributed by atoms with Gasteiger partial charge in [-0.2, -0.15) is 26.3 Å². The smallest absolute Gasteiger partial charge is 0.418 e. The molecule has 0 saturated heterocycles. The summed E-state index contributed by atoms with van der Waals surface area (Å²) < 4.78 is 115. The molecule has 4 rings (SSSR count). The first-order chi connectivity index (χ1) is 20.1. The van der Waals surface area contributed by atoms with Gasteiger partial charge in [-0.25, -0.2) is 18.6 Å². The Labute approximate surface area is 237 Å². The van der Waals surface area contributed by atoms with Crippen LogP contribution in [0.5, 0.6) is 0 Å². The number of rotatable bonds is 8. The molecule has 0 fully saturated rings. The molecule has 16 heteroatoms. The number of pyridine rings is 2. The largest absolute Gasteiger partial charge is 0.467 e. The summed E-state index contributed by atoms with van der Waals surface area (Å²) in [6.45, 7) is 0.729. The summed E-state index contributed by atoms with van der Waals surface area (Å²) >= 11 is 0. The highest BCUT2D eigenvalue weighted by molar-refractivity contribution is 5.97. The number of amides is 1.